The summed E-state index contributed by atoms with van der Waals surface area (Å²) in [5.41, 5.74) is 1.23. The third-order valence-electron chi connectivity index (χ3n) is 7.60. The Morgan fingerprint density at radius 1 is 1.12 bits per heavy atom. The summed E-state index contributed by atoms with van der Waals surface area (Å²) in [6, 6.07) is 6.84. The number of amidine groups is 1. The average Bonchev–Trinajstić information content (AvgIpc) is 3.07. The van der Waals surface area contributed by atoms with Crippen molar-refractivity contribution in [2.24, 2.45) is 28.2 Å². The molecule has 34 heavy (non-hydrogen) atoms. The van der Waals surface area contributed by atoms with E-state index in [9.17, 15) is 14.4 Å². The summed E-state index contributed by atoms with van der Waals surface area (Å²) < 4.78 is 9.80. The fourth-order valence-corrected chi connectivity index (χ4v) is 7.67. The van der Waals surface area contributed by atoms with Crippen molar-refractivity contribution >= 4 is 40.5 Å². The average molecular weight is 483 g/mol. The van der Waals surface area contributed by atoms with Crippen molar-refractivity contribution in [1.82, 2.24) is 4.90 Å². The monoisotopic (exact) mass is 482 g/mol. The maximum Gasteiger partial charge on any atom is 0.338 e. The first-order valence-electron chi connectivity index (χ1n) is 12.0. The van der Waals surface area contributed by atoms with Crippen molar-refractivity contribution < 1.29 is 23.9 Å². The molecule has 4 aliphatic carbocycles. The van der Waals surface area contributed by atoms with E-state index in [0.29, 0.717) is 34.5 Å². The van der Waals surface area contributed by atoms with Crippen molar-refractivity contribution in [3.05, 3.63) is 40.8 Å². The zero-order valence-corrected chi connectivity index (χ0v) is 20.4. The molecule has 0 spiro atoms. The van der Waals surface area contributed by atoms with Crippen molar-refractivity contribution in [2.45, 2.75) is 45.4 Å². The molecule has 180 valence electrons. The van der Waals surface area contributed by atoms with E-state index >= 15 is 0 Å². The molecular formula is C26H30N2O5S. The third kappa shape index (κ3) is 4.52. The van der Waals surface area contributed by atoms with Gasteiger partial charge in [-0.05, 0) is 105 Å². The zero-order valence-electron chi connectivity index (χ0n) is 19.6. The van der Waals surface area contributed by atoms with E-state index in [0.717, 1.165) is 17.8 Å². The van der Waals surface area contributed by atoms with E-state index < -0.39 is 5.97 Å². The predicted molar refractivity (Wildman–Crippen MR) is 130 cm³/mol. The Bertz CT molecular complexity index is 1030. The Morgan fingerprint density at radius 3 is 2.29 bits per heavy atom. The third-order valence-corrected chi connectivity index (χ3v) is 8.61. The second kappa shape index (κ2) is 9.21. The molecule has 1 heterocycles. The highest BCUT2D eigenvalue weighted by Crippen LogP contribution is 2.60. The van der Waals surface area contributed by atoms with Crippen LogP contribution in [0.2, 0.25) is 0 Å². The van der Waals surface area contributed by atoms with Gasteiger partial charge in [0.15, 0.2) is 5.17 Å². The number of thioether (sulfide) groups is 1. The van der Waals surface area contributed by atoms with Crippen LogP contribution in [0, 0.1) is 23.2 Å². The summed E-state index contributed by atoms with van der Waals surface area (Å²) in [6.45, 7) is 2.72. The topological polar surface area (TPSA) is 85.3 Å². The second-order valence-corrected chi connectivity index (χ2v) is 11.1. The number of ether oxygens (including phenoxy) is 2. The molecule has 4 saturated carbocycles. The molecule has 0 radical (unpaired) electrons. The number of hydrogen-bond donors (Lipinski definition) is 0. The van der Waals surface area contributed by atoms with Crippen molar-refractivity contribution in [3.63, 3.8) is 0 Å². The Labute approximate surface area is 204 Å². The van der Waals surface area contributed by atoms with Gasteiger partial charge in [0.1, 0.15) is 0 Å². The molecule has 1 aliphatic heterocycles. The first kappa shape index (κ1) is 23.1. The highest BCUT2D eigenvalue weighted by atomic mass is 32.2. The van der Waals surface area contributed by atoms with Gasteiger partial charge in [0, 0.05) is 12.6 Å². The van der Waals surface area contributed by atoms with Crippen molar-refractivity contribution in [3.8, 4) is 0 Å². The van der Waals surface area contributed by atoms with Gasteiger partial charge in [0.25, 0.3) is 5.91 Å². The maximum absolute atomic E-state index is 13.4. The number of nitrogens with zero attached hydrogens (tertiary/aromatic N) is 2. The van der Waals surface area contributed by atoms with Gasteiger partial charge in [-0.25, -0.2) is 14.6 Å². The van der Waals surface area contributed by atoms with E-state index in [1.54, 1.807) is 36.1 Å². The van der Waals surface area contributed by atoms with E-state index in [2.05, 4.69) is 0 Å². The van der Waals surface area contributed by atoms with Crippen LogP contribution < -0.4 is 0 Å². The molecular weight excluding hydrogens is 452 g/mol. The summed E-state index contributed by atoms with van der Waals surface area (Å²) in [6.07, 6.45) is 8.78. The van der Waals surface area contributed by atoms with Gasteiger partial charge in [0.2, 0.25) is 0 Å². The number of rotatable bonds is 6. The van der Waals surface area contributed by atoms with Crippen LogP contribution in [-0.4, -0.2) is 48.2 Å². The first-order valence-corrected chi connectivity index (χ1v) is 12.8. The summed E-state index contributed by atoms with van der Waals surface area (Å²) in [5, 5.41) is 0.569. The van der Waals surface area contributed by atoms with E-state index in [4.69, 9.17) is 14.5 Å². The van der Waals surface area contributed by atoms with Crippen LogP contribution in [0.1, 0.15) is 55.8 Å². The van der Waals surface area contributed by atoms with Crippen LogP contribution in [0.4, 0.5) is 5.69 Å². The highest BCUT2D eigenvalue weighted by molar-refractivity contribution is 8.18. The van der Waals surface area contributed by atoms with E-state index in [1.807, 2.05) is 0 Å². The quantitative estimate of drug-likeness (QED) is 0.432. The number of methoxy groups -OCH3 is 1. The number of hydrogen-bond acceptors (Lipinski definition) is 7. The summed E-state index contributed by atoms with van der Waals surface area (Å²) in [4.78, 5) is 44.1. The van der Waals surface area contributed by atoms with Crippen LogP contribution in [-0.2, 0) is 19.1 Å². The standard InChI is InChI=1S/C26H30N2O5S/c1-3-33-24(31)19-4-6-20(7-5-19)27-25-28(23(30)21(34-25)11-22(29)32-2)15-26-12-16-8-17(13-26)10-18(9-16)14-26/h4-7,11,16-18H,3,8-10,12-15H2,1-2H3. The SMILES string of the molecule is CCOC(=O)c1ccc(N=C2SC(=CC(=O)OC)C(=O)N2CC23CC4CC(CC(C4)C2)C3)cc1. The lowest BCUT2D eigenvalue weighted by molar-refractivity contribution is -0.135. The van der Waals surface area contributed by atoms with Gasteiger partial charge in [0.05, 0.1) is 29.9 Å². The minimum Gasteiger partial charge on any atom is -0.466 e. The lowest BCUT2D eigenvalue weighted by Gasteiger charge is -2.57. The van der Waals surface area contributed by atoms with Crippen LogP contribution in [0.3, 0.4) is 0 Å². The van der Waals surface area contributed by atoms with Crippen LogP contribution >= 0.6 is 11.8 Å². The largest absolute Gasteiger partial charge is 0.466 e. The zero-order chi connectivity index (χ0) is 23.9. The van der Waals surface area contributed by atoms with E-state index in [1.165, 1.54) is 63.5 Å². The number of carbonyl (C=O) groups is 3. The number of benzene rings is 1. The predicted octanol–water partition coefficient (Wildman–Crippen LogP) is 4.70. The van der Waals surface area contributed by atoms with Gasteiger partial charge in [-0.2, -0.15) is 0 Å². The Morgan fingerprint density at radius 2 is 1.74 bits per heavy atom. The second-order valence-electron chi connectivity index (χ2n) is 10.1. The van der Waals surface area contributed by atoms with Gasteiger partial charge in [-0.1, -0.05) is 0 Å². The molecule has 5 aliphatic rings. The van der Waals surface area contributed by atoms with Gasteiger partial charge < -0.3 is 9.47 Å². The van der Waals surface area contributed by atoms with Crippen LogP contribution in [0.25, 0.3) is 0 Å². The molecule has 1 aromatic carbocycles. The fraction of sp³-hybridized carbons (Fsp3) is 0.538. The normalized spacial score (nSPS) is 32.0. The molecule has 1 amide bonds. The van der Waals surface area contributed by atoms with E-state index in [-0.39, 0.29) is 17.3 Å². The summed E-state index contributed by atoms with van der Waals surface area (Å²) in [7, 11) is 1.30. The molecule has 7 nitrogen and oxygen atoms in total. The fourth-order valence-electron chi connectivity index (χ4n) is 6.71. The minimum absolute atomic E-state index is 0.139. The molecule has 0 unspecified atom stereocenters. The van der Waals surface area contributed by atoms with Crippen molar-refractivity contribution in [1.29, 1.82) is 0 Å². The smallest absolute Gasteiger partial charge is 0.338 e. The van der Waals surface area contributed by atoms with Crippen molar-refractivity contribution in [2.75, 3.05) is 20.3 Å². The molecule has 8 heteroatoms. The number of amides is 1. The van der Waals surface area contributed by atoms with Gasteiger partial charge >= 0.3 is 11.9 Å². The Kier molecular flexibility index (Phi) is 6.27. The lowest BCUT2D eigenvalue weighted by atomic mass is 9.49. The van der Waals surface area contributed by atoms with Gasteiger partial charge in [-0.3, -0.25) is 9.69 Å². The molecule has 0 aromatic heterocycles. The van der Waals surface area contributed by atoms with Crippen LogP contribution in [0.5, 0.6) is 0 Å². The lowest BCUT2D eigenvalue weighted by Crippen LogP contribution is -2.52. The minimum atomic E-state index is -0.550. The molecule has 4 bridgehead atoms. The summed E-state index contributed by atoms with van der Waals surface area (Å²) >= 11 is 1.21. The Hall–Kier alpha value is -2.61. The first-order chi connectivity index (χ1) is 16.4. The highest BCUT2D eigenvalue weighted by Gasteiger charge is 2.53. The Balaban J connectivity index is 1.43. The molecule has 6 rings (SSSR count). The van der Waals surface area contributed by atoms with Crippen LogP contribution in [0.15, 0.2) is 40.2 Å². The molecule has 0 atom stereocenters. The maximum atomic E-state index is 13.4. The molecule has 5 fully saturated rings. The molecule has 0 N–H and O–H groups in total. The number of esters is 2. The number of carbonyl (C=O) groups excluding carboxylic acids is 3. The molecule has 1 aromatic rings. The molecule has 1 saturated heterocycles. The number of aliphatic imine (C=N–C) groups is 1. The van der Waals surface area contributed by atoms with Gasteiger partial charge in [-0.15, -0.1) is 0 Å². The summed E-state index contributed by atoms with van der Waals surface area (Å²) in [5.74, 6) is 1.21.